The van der Waals surface area contributed by atoms with Gasteiger partial charge in [0.1, 0.15) is 23.3 Å². The van der Waals surface area contributed by atoms with Crippen molar-refractivity contribution in [2.24, 2.45) is 0 Å². The largest absolute Gasteiger partial charge is 0.455 e. The number of ether oxygens (including phenoxy) is 1. The van der Waals surface area contributed by atoms with Gasteiger partial charge in [-0.3, -0.25) is 5.10 Å². The van der Waals surface area contributed by atoms with E-state index < -0.39 is 0 Å². The highest BCUT2D eigenvalue weighted by molar-refractivity contribution is 6.32. The van der Waals surface area contributed by atoms with Crippen LogP contribution in [0, 0.1) is 0 Å². The number of nitrogens with one attached hydrogen (secondary N) is 2. The van der Waals surface area contributed by atoms with Gasteiger partial charge in [-0.05, 0) is 36.4 Å². The second-order valence-electron chi connectivity index (χ2n) is 6.65. The first-order chi connectivity index (χ1) is 14.7. The van der Waals surface area contributed by atoms with E-state index in [1.165, 1.54) is 6.33 Å². The smallest absolute Gasteiger partial charge is 0.158 e. The standard InChI is InChI=1S/C21H17ClN6O2/c22-15-10-13(26-21-20-17(23-12-24-21)6-7-28(20)8-9-29)4-5-19(15)30-18-3-1-2-16-14(18)11-25-27-16/h1-7,10-12,29H,8-9H2,(H,25,27)(H,23,24,26). The molecule has 0 bridgehead atoms. The summed E-state index contributed by atoms with van der Waals surface area (Å²) >= 11 is 6.49. The Labute approximate surface area is 176 Å². The van der Waals surface area contributed by atoms with Gasteiger partial charge in [0.25, 0.3) is 0 Å². The Morgan fingerprint density at radius 3 is 2.93 bits per heavy atom. The van der Waals surface area contributed by atoms with Gasteiger partial charge < -0.3 is 19.7 Å². The van der Waals surface area contributed by atoms with E-state index in [2.05, 4.69) is 25.5 Å². The molecule has 8 nitrogen and oxygen atoms in total. The van der Waals surface area contributed by atoms with Crippen LogP contribution in [0.25, 0.3) is 21.9 Å². The lowest BCUT2D eigenvalue weighted by Crippen LogP contribution is -2.04. The van der Waals surface area contributed by atoms with Crippen LogP contribution < -0.4 is 10.1 Å². The maximum atomic E-state index is 9.30. The van der Waals surface area contributed by atoms with Crippen LogP contribution in [0.5, 0.6) is 11.5 Å². The number of halogens is 1. The van der Waals surface area contributed by atoms with Gasteiger partial charge in [-0.2, -0.15) is 5.10 Å². The van der Waals surface area contributed by atoms with Gasteiger partial charge in [0, 0.05) is 18.4 Å². The van der Waals surface area contributed by atoms with Crippen LogP contribution in [-0.2, 0) is 6.54 Å². The van der Waals surface area contributed by atoms with Gasteiger partial charge in [0.05, 0.1) is 34.2 Å². The quantitative estimate of drug-likeness (QED) is 0.374. The molecule has 0 unspecified atom stereocenters. The van der Waals surface area contributed by atoms with Gasteiger partial charge in [0.2, 0.25) is 0 Å². The molecule has 0 atom stereocenters. The SMILES string of the molecule is OCCn1ccc2ncnc(Nc3ccc(Oc4cccc5[nH]ncc45)c(Cl)c3)c21. The summed E-state index contributed by atoms with van der Waals surface area (Å²) in [4.78, 5) is 8.63. The molecule has 0 aliphatic carbocycles. The topological polar surface area (TPSA) is 101 Å². The lowest BCUT2D eigenvalue weighted by molar-refractivity contribution is 0.278. The molecule has 30 heavy (non-hydrogen) atoms. The third-order valence-corrected chi connectivity index (χ3v) is 5.05. The molecular formula is C21H17ClN6O2. The molecule has 0 saturated carbocycles. The van der Waals surface area contributed by atoms with Crippen molar-refractivity contribution in [1.82, 2.24) is 24.7 Å². The number of anilines is 2. The van der Waals surface area contributed by atoms with Gasteiger partial charge in [-0.25, -0.2) is 9.97 Å². The second-order valence-corrected chi connectivity index (χ2v) is 7.06. The number of nitrogens with zero attached hydrogens (tertiary/aromatic N) is 4. The average Bonchev–Trinajstić information content (AvgIpc) is 3.39. The third-order valence-electron chi connectivity index (χ3n) is 4.75. The maximum absolute atomic E-state index is 9.30. The van der Waals surface area contributed by atoms with Crippen molar-refractivity contribution in [1.29, 1.82) is 0 Å². The number of hydrogen-bond donors (Lipinski definition) is 3. The molecule has 5 aromatic rings. The van der Waals surface area contributed by atoms with Crippen molar-refractivity contribution in [3.8, 4) is 11.5 Å². The van der Waals surface area contributed by atoms with Crippen LogP contribution in [0.3, 0.4) is 0 Å². The van der Waals surface area contributed by atoms with Crippen LogP contribution in [0.4, 0.5) is 11.5 Å². The van der Waals surface area contributed by atoms with Gasteiger partial charge in [-0.15, -0.1) is 0 Å². The van der Waals surface area contributed by atoms with Gasteiger partial charge >= 0.3 is 0 Å². The minimum Gasteiger partial charge on any atom is -0.455 e. The van der Waals surface area contributed by atoms with Crippen molar-refractivity contribution >= 4 is 45.0 Å². The van der Waals surface area contributed by atoms with Crippen LogP contribution in [0.15, 0.2) is 61.2 Å². The average molecular weight is 421 g/mol. The molecule has 0 aliphatic heterocycles. The summed E-state index contributed by atoms with van der Waals surface area (Å²) in [5, 5.41) is 20.9. The van der Waals surface area contributed by atoms with Crippen LogP contribution in [0.1, 0.15) is 0 Å². The van der Waals surface area contributed by atoms with Crippen LogP contribution >= 0.6 is 11.6 Å². The molecule has 0 aliphatic rings. The minimum atomic E-state index is 0.0272. The highest BCUT2D eigenvalue weighted by Gasteiger charge is 2.12. The number of fused-ring (bicyclic) bond motifs is 2. The number of aromatic nitrogens is 5. The lowest BCUT2D eigenvalue weighted by atomic mass is 10.2. The van der Waals surface area contributed by atoms with Crippen molar-refractivity contribution in [3.63, 3.8) is 0 Å². The number of hydrogen-bond acceptors (Lipinski definition) is 6. The van der Waals surface area contributed by atoms with Crippen LogP contribution in [-0.4, -0.2) is 36.4 Å². The van der Waals surface area contributed by atoms with Crippen molar-refractivity contribution in [3.05, 3.63) is 66.2 Å². The number of H-pyrrole nitrogens is 1. The molecule has 3 heterocycles. The first-order valence-corrected chi connectivity index (χ1v) is 9.68. The molecule has 150 valence electrons. The Balaban J connectivity index is 1.44. The Kier molecular flexibility index (Phi) is 4.70. The first-order valence-electron chi connectivity index (χ1n) is 9.30. The summed E-state index contributed by atoms with van der Waals surface area (Å²) in [5.74, 6) is 1.84. The summed E-state index contributed by atoms with van der Waals surface area (Å²) < 4.78 is 7.92. The summed E-state index contributed by atoms with van der Waals surface area (Å²) in [6.07, 6.45) is 5.09. The molecule has 2 aromatic carbocycles. The molecule has 0 spiro atoms. The van der Waals surface area contributed by atoms with E-state index in [9.17, 15) is 5.11 Å². The van der Waals surface area contributed by atoms with E-state index >= 15 is 0 Å². The fourth-order valence-electron chi connectivity index (χ4n) is 3.36. The fraction of sp³-hybridized carbons (Fsp3) is 0.0952. The fourth-order valence-corrected chi connectivity index (χ4v) is 3.58. The Hall–Kier alpha value is -3.62. The zero-order valence-electron chi connectivity index (χ0n) is 15.7. The Morgan fingerprint density at radius 1 is 1.13 bits per heavy atom. The highest BCUT2D eigenvalue weighted by Crippen LogP contribution is 2.35. The first kappa shape index (κ1) is 18.4. The molecule has 0 radical (unpaired) electrons. The molecule has 3 N–H and O–H groups in total. The monoisotopic (exact) mass is 420 g/mol. The van der Waals surface area contributed by atoms with Gasteiger partial charge in [0.15, 0.2) is 5.82 Å². The zero-order chi connectivity index (χ0) is 20.5. The van der Waals surface area contributed by atoms with Crippen molar-refractivity contribution < 1.29 is 9.84 Å². The predicted molar refractivity (Wildman–Crippen MR) is 116 cm³/mol. The molecule has 3 aromatic heterocycles. The van der Waals surface area contributed by atoms with E-state index in [4.69, 9.17) is 16.3 Å². The Morgan fingerprint density at radius 2 is 2.07 bits per heavy atom. The predicted octanol–water partition coefficient (Wildman–Crippen LogP) is 4.49. The Bertz CT molecular complexity index is 1350. The molecule has 5 rings (SSSR count). The van der Waals surface area contributed by atoms with Crippen LogP contribution in [0.2, 0.25) is 5.02 Å². The van der Waals surface area contributed by atoms with Gasteiger partial charge in [-0.1, -0.05) is 17.7 Å². The summed E-state index contributed by atoms with van der Waals surface area (Å²) in [6.45, 7) is 0.484. The zero-order valence-corrected chi connectivity index (χ0v) is 16.5. The number of benzene rings is 2. The van der Waals surface area contributed by atoms with E-state index in [0.717, 1.165) is 27.6 Å². The number of rotatable bonds is 6. The molecule has 0 amide bonds. The third kappa shape index (κ3) is 3.32. The van der Waals surface area contributed by atoms with E-state index in [0.29, 0.717) is 28.9 Å². The highest BCUT2D eigenvalue weighted by atomic mass is 35.5. The summed E-state index contributed by atoms with van der Waals surface area (Å²) in [5.41, 5.74) is 3.25. The molecule has 0 fully saturated rings. The number of aromatic amines is 1. The van der Waals surface area contributed by atoms with E-state index in [-0.39, 0.29) is 6.61 Å². The maximum Gasteiger partial charge on any atom is 0.158 e. The van der Waals surface area contributed by atoms with E-state index in [1.807, 2.05) is 41.1 Å². The minimum absolute atomic E-state index is 0.0272. The molecule has 0 saturated heterocycles. The summed E-state index contributed by atoms with van der Waals surface area (Å²) in [6, 6.07) is 13.0. The number of aliphatic hydroxyl groups excluding tert-OH is 1. The molecule has 9 heteroatoms. The number of aliphatic hydroxyl groups is 1. The van der Waals surface area contributed by atoms with Crippen molar-refractivity contribution in [2.75, 3.05) is 11.9 Å². The lowest BCUT2D eigenvalue weighted by Gasteiger charge is -2.12. The van der Waals surface area contributed by atoms with Crippen molar-refractivity contribution in [2.45, 2.75) is 6.54 Å². The summed E-state index contributed by atoms with van der Waals surface area (Å²) in [7, 11) is 0. The normalized spacial score (nSPS) is 11.3. The molecular weight excluding hydrogens is 404 g/mol. The second kappa shape index (κ2) is 7.66. The van der Waals surface area contributed by atoms with E-state index in [1.54, 1.807) is 18.3 Å².